The molecule has 58 valence electrons. The van der Waals surface area contributed by atoms with Crippen LogP contribution in [0.3, 0.4) is 0 Å². The molecule has 0 bridgehead atoms. The van der Waals surface area contributed by atoms with Gasteiger partial charge in [-0.1, -0.05) is 22.6 Å². The minimum absolute atomic E-state index is 0.666. The summed E-state index contributed by atoms with van der Waals surface area (Å²) in [6.45, 7) is 2.07. The Morgan fingerprint density at radius 1 is 1.60 bits per heavy atom. The summed E-state index contributed by atoms with van der Waals surface area (Å²) in [7, 11) is 0. The molecule has 0 aromatic rings. The van der Waals surface area contributed by atoms with Crippen molar-refractivity contribution in [1.29, 1.82) is 0 Å². The molecular weight excluding hydrogens is 239 g/mol. The Morgan fingerprint density at radius 3 is 3.00 bits per heavy atom. The Kier molecular flexibility index (Phi) is 1.93. The first-order valence-corrected chi connectivity index (χ1v) is 5.54. The van der Waals surface area contributed by atoms with Crippen molar-refractivity contribution in [1.82, 2.24) is 0 Å². The minimum Gasteiger partial charge on any atom is -0.381 e. The molecule has 2 atom stereocenters. The fourth-order valence-electron chi connectivity index (χ4n) is 2.01. The van der Waals surface area contributed by atoms with Gasteiger partial charge in [-0.3, -0.25) is 0 Å². The van der Waals surface area contributed by atoms with Crippen LogP contribution >= 0.6 is 22.6 Å². The van der Waals surface area contributed by atoms with Gasteiger partial charge in [0, 0.05) is 11.0 Å². The summed E-state index contributed by atoms with van der Waals surface area (Å²) in [4.78, 5) is 0. The van der Waals surface area contributed by atoms with Crippen LogP contribution in [0, 0.1) is 11.3 Å². The SMILES string of the molecule is ICC1CC12CCCOC2. The van der Waals surface area contributed by atoms with Gasteiger partial charge in [-0.2, -0.15) is 0 Å². The lowest BCUT2D eigenvalue weighted by Crippen LogP contribution is -2.20. The van der Waals surface area contributed by atoms with Gasteiger partial charge in [-0.15, -0.1) is 0 Å². The van der Waals surface area contributed by atoms with Crippen molar-refractivity contribution in [2.45, 2.75) is 19.3 Å². The van der Waals surface area contributed by atoms with Crippen LogP contribution in [-0.4, -0.2) is 17.6 Å². The van der Waals surface area contributed by atoms with Crippen molar-refractivity contribution < 1.29 is 4.74 Å². The van der Waals surface area contributed by atoms with Crippen molar-refractivity contribution in [2.24, 2.45) is 11.3 Å². The van der Waals surface area contributed by atoms with Gasteiger partial charge in [-0.25, -0.2) is 0 Å². The average Bonchev–Trinajstić information content (AvgIpc) is 2.65. The highest BCUT2D eigenvalue weighted by Crippen LogP contribution is 2.57. The Hall–Kier alpha value is 0.690. The van der Waals surface area contributed by atoms with Crippen LogP contribution in [0.4, 0.5) is 0 Å². The van der Waals surface area contributed by atoms with E-state index in [9.17, 15) is 0 Å². The van der Waals surface area contributed by atoms with E-state index in [-0.39, 0.29) is 0 Å². The second-order valence-corrected chi connectivity index (χ2v) is 4.45. The fourth-order valence-corrected chi connectivity index (χ4v) is 3.25. The second kappa shape index (κ2) is 2.63. The monoisotopic (exact) mass is 252 g/mol. The number of ether oxygens (including phenoxy) is 1. The Balaban J connectivity index is 1.92. The van der Waals surface area contributed by atoms with Crippen LogP contribution in [0.2, 0.25) is 0 Å². The first kappa shape index (κ1) is 7.35. The third-order valence-corrected chi connectivity index (χ3v) is 3.96. The minimum atomic E-state index is 0.666. The van der Waals surface area contributed by atoms with E-state index in [1.54, 1.807) is 0 Å². The lowest BCUT2D eigenvalue weighted by atomic mass is 9.97. The first-order chi connectivity index (χ1) is 4.87. The van der Waals surface area contributed by atoms with Gasteiger partial charge in [0.25, 0.3) is 0 Å². The predicted molar refractivity (Wildman–Crippen MR) is 49.5 cm³/mol. The summed E-state index contributed by atoms with van der Waals surface area (Å²) in [5, 5.41) is 0. The third kappa shape index (κ3) is 1.09. The summed E-state index contributed by atoms with van der Waals surface area (Å²) in [5.41, 5.74) is 0.666. The maximum atomic E-state index is 5.48. The second-order valence-electron chi connectivity index (χ2n) is 3.57. The summed E-state index contributed by atoms with van der Waals surface area (Å²) in [6, 6.07) is 0. The molecule has 0 amide bonds. The third-order valence-electron chi connectivity index (χ3n) is 2.90. The standard InChI is InChI=1S/C8H13IO/c9-5-7-4-8(7)2-1-3-10-6-8/h7H,1-6H2. The molecule has 1 aliphatic carbocycles. The summed E-state index contributed by atoms with van der Waals surface area (Å²) < 4.78 is 6.81. The first-order valence-electron chi connectivity index (χ1n) is 4.01. The van der Waals surface area contributed by atoms with Gasteiger partial charge in [0.05, 0.1) is 6.61 Å². The van der Waals surface area contributed by atoms with Crippen molar-refractivity contribution in [3.63, 3.8) is 0 Å². The molecule has 1 nitrogen and oxygen atoms in total. The molecule has 0 N–H and O–H groups in total. The molecule has 2 aliphatic rings. The van der Waals surface area contributed by atoms with Crippen LogP contribution in [-0.2, 0) is 4.74 Å². The Morgan fingerprint density at radius 2 is 2.50 bits per heavy atom. The van der Waals surface area contributed by atoms with Crippen LogP contribution in [0.5, 0.6) is 0 Å². The molecule has 0 aromatic heterocycles. The van der Waals surface area contributed by atoms with Crippen molar-refractivity contribution in [3.05, 3.63) is 0 Å². The molecule has 1 heterocycles. The van der Waals surface area contributed by atoms with E-state index in [2.05, 4.69) is 22.6 Å². The highest BCUT2D eigenvalue weighted by molar-refractivity contribution is 14.1. The molecule has 2 fully saturated rings. The number of alkyl halides is 1. The Bertz CT molecular complexity index is 129. The number of rotatable bonds is 1. The van der Waals surface area contributed by atoms with E-state index >= 15 is 0 Å². The summed E-state index contributed by atoms with van der Waals surface area (Å²) >= 11 is 2.50. The number of hydrogen-bond acceptors (Lipinski definition) is 1. The van der Waals surface area contributed by atoms with Gasteiger partial charge >= 0.3 is 0 Å². The molecule has 2 rings (SSSR count). The molecule has 1 spiro atoms. The number of halogens is 1. The molecule has 2 heteroatoms. The van der Waals surface area contributed by atoms with Gasteiger partial charge < -0.3 is 4.74 Å². The van der Waals surface area contributed by atoms with E-state index < -0.39 is 0 Å². The van der Waals surface area contributed by atoms with E-state index in [1.807, 2.05) is 0 Å². The zero-order valence-electron chi connectivity index (χ0n) is 6.11. The van der Waals surface area contributed by atoms with E-state index in [0.717, 1.165) is 19.1 Å². The van der Waals surface area contributed by atoms with E-state index in [4.69, 9.17) is 4.74 Å². The molecule has 0 radical (unpaired) electrons. The maximum absolute atomic E-state index is 5.48. The zero-order valence-corrected chi connectivity index (χ0v) is 8.26. The van der Waals surface area contributed by atoms with Crippen LogP contribution in [0.1, 0.15) is 19.3 Å². The molecule has 10 heavy (non-hydrogen) atoms. The fraction of sp³-hybridized carbons (Fsp3) is 1.00. The van der Waals surface area contributed by atoms with Gasteiger partial charge in [0.2, 0.25) is 0 Å². The molecule has 1 saturated heterocycles. The lowest BCUT2D eigenvalue weighted by Gasteiger charge is -2.22. The van der Waals surface area contributed by atoms with Crippen LogP contribution in [0.15, 0.2) is 0 Å². The number of hydrogen-bond donors (Lipinski definition) is 0. The van der Waals surface area contributed by atoms with Crippen molar-refractivity contribution >= 4 is 22.6 Å². The lowest BCUT2D eigenvalue weighted by molar-refractivity contribution is 0.0379. The van der Waals surface area contributed by atoms with Gasteiger partial charge in [-0.05, 0) is 30.6 Å². The highest BCUT2D eigenvalue weighted by atomic mass is 127. The van der Waals surface area contributed by atoms with Crippen molar-refractivity contribution in [3.8, 4) is 0 Å². The molecular formula is C8H13IO. The maximum Gasteiger partial charge on any atom is 0.0525 e. The quantitative estimate of drug-likeness (QED) is 0.513. The normalized spacial score (nSPS) is 45.9. The van der Waals surface area contributed by atoms with Crippen LogP contribution in [0.25, 0.3) is 0 Å². The smallest absolute Gasteiger partial charge is 0.0525 e. The van der Waals surface area contributed by atoms with E-state index in [1.165, 1.54) is 23.7 Å². The molecule has 1 aliphatic heterocycles. The van der Waals surface area contributed by atoms with Crippen molar-refractivity contribution in [2.75, 3.05) is 17.6 Å². The molecule has 1 saturated carbocycles. The molecule has 2 unspecified atom stereocenters. The van der Waals surface area contributed by atoms with E-state index in [0.29, 0.717) is 5.41 Å². The Labute approximate surface area is 75.7 Å². The van der Waals surface area contributed by atoms with Crippen LogP contribution < -0.4 is 0 Å². The van der Waals surface area contributed by atoms with Gasteiger partial charge in [0.15, 0.2) is 0 Å². The summed E-state index contributed by atoms with van der Waals surface area (Å²) in [6.07, 6.45) is 4.17. The highest BCUT2D eigenvalue weighted by Gasteiger charge is 2.53. The largest absolute Gasteiger partial charge is 0.381 e. The summed E-state index contributed by atoms with van der Waals surface area (Å²) in [5.74, 6) is 0.994. The zero-order chi connectivity index (χ0) is 7.03. The van der Waals surface area contributed by atoms with Gasteiger partial charge in [0.1, 0.15) is 0 Å². The molecule has 0 aromatic carbocycles. The predicted octanol–water partition coefficient (Wildman–Crippen LogP) is 2.24. The average molecular weight is 252 g/mol. The topological polar surface area (TPSA) is 9.23 Å².